The molecule has 0 bridgehead atoms. The minimum Gasteiger partial charge on any atom is -0.462 e. The molecule has 0 saturated carbocycles. The van der Waals surface area contributed by atoms with Crippen molar-refractivity contribution in [1.82, 2.24) is 10.2 Å². The highest BCUT2D eigenvalue weighted by molar-refractivity contribution is 8.01. The molecule has 28 heavy (non-hydrogen) atoms. The zero-order chi connectivity index (χ0) is 20.5. The summed E-state index contributed by atoms with van der Waals surface area (Å²) in [5.41, 5.74) is 0.398. The standard InChI is InChI=1S/C17H24N4O4S3/c1-5-25-15(23)11-8-12(10(2)3)27-14(11)19-13(22)9-26-17-21-20-16(28-17)18-6-7-24-4/h8,10H,5-7,9H2,1-4H3,(H,18,20)(H,19,22). The largest absolute Gasteiger partial charge is 0.462 e. The van der Waals surface area contributed by atoms with Crippen LogP contribution in [0.25, 0.3) is 0 Å². The van der Waals surface area contributed by atoms with Crippen LogP contribution in [0.2, 0.25) is 0 Å². The minimum atomic E-state index is -0.426. The molecular weight excluding hydrogens is 420 g/mol. The molecule has 1 amide bonds. The fourth-order valence-electron chi connectivity index (χ4n) is 2.04. The Hall–Kier alpha value is -1.69. The van der Waals surface area contributed by atoms with Crippen LogP contribution in [0.3, 0.4) is 0 Å². The van der Waals surface area contributed by atoms with E-state index in [1.54, 1.807) is 20.1 Å². The number of nitrogens with one attached hydrogen (secondary N) is 2. The second-order valence-electron chi connectivity index (χ2n) is 5.90. The van der Waals surface area contributed by atoms with Crippen molar-refractivity contribution >= 4 is 56.4 Å². The van der Waals surface area contributed by atoms with Gasteiger partial charge in [-0.2, -0.15) is 0 Å². The van der Waals surface area contributed by atoms with Gasteiger partial charge < -0.3 is 20.1 Å². The van der Waals surface area contributed by atoms with E-state index in [1.807, 2.05) is 13.8 Å². The van der Waals surface area contributed by atoms with Crippen molar-refractivity contribution < 1.29 is 19.1 Å². The number of carbonyl (C=O) groups is 2. The van der Waals surface area contributed by atoms with Crippen molar-refractivity contribution in [3.05, 3.63) is 16.5 Å². The van der Waals surface area contributed by atoms with Gasteiger partial charge in [0.25, 0.3) is 0 Å². The molecule has 0 unspecified atom stereocenters. The summed E-state index contributed by atoms with van der Waals surface area (Å²) in [5.74, 6) is -0.214. The van der Waals surface area contributed by atoms with Crippen molar-refractivity contribution in [3.63, 3.8) is 0 Å². The quantitative estimate of drug-likeness (QED) is 0.307. The lowest BCUT2D eigenvalue weighted by Gasteiger charge is -2.05. The highest BCUT2D eigenvalue weighted by Gasteiger charge is 2.20. The third kappa shape index (κ3) is 6.73. The van der Waals surface area contributed by atoms with Gasteiger partial charge in [-0.15, -0.1) is 21.5 Å². The zero-order valence-corrected chi connectivity index (χ0v) is 18.7. The van der Waals surface area contributed by atoms with Gasteiger partial charge >= 0.3 is 5.97 Å². The predicted octanol–water partition coefficient (Wildman–Crippen LogP) is 3.69. The lowest BCUT2D eigenvalue weighted by molar-refractivity contribution is -0.113. The molecule has 0 spiro atoms. The number of nitrogens with zero attached hydrogens (tertiary/aromatic N) is 2. The molecule has 2 N–H and O–H groups in total. The van der Waals surface area contributed by atoms with Crippen LogP contribution >= 0.6 is 34.4 Å². The molecule has 0 atom stereocenters. The highest BCUT2D eigenvalue weighted by atomic mass is 32.2. The van der Waals surface area contributed by atoms with Gasteiger partial charge in [-0.05, 0) is 18.9 Å². The van der Waals surface area contributed by atoms with Gasteiger partial charge in [0.05, 0.1) is 24.5 Å². The molecule has 2 heterocycles. The van der Waals surface area contributed by atoms with E-state index in [-0.39, 0.29) is 24.2 Å². The number of methoxy groups -OCH3 is 1. The fraction of sp³-hybridized carbons (Fsp3) is 0.529. The lowest BCUT2D eigenvalue weighted by atomic mass is 10.1. The first kappa shape index (κ1) is 22.6. The topological polar surface area (TPSA) is 102 Å². The summed E-state index contributed by atoms with van der Waals surface area (Å²) < 4.78 is 10.8. The Bertz CT molecular complexity index is 791. The van der Waals surface area contributed by atoms with Crippen molar-refractivity contribution in [3.8, 4) is 0 Å². The van der Waals surface area contributed by atoms with E-state index >= 15 is 0 Å². The number of carbonyl (C=O) groups excluding carboxylic acids is 2. The first-order chi connectivity index (χ1) is 13.4. The molecule has 0 saturated heterocycles. The second-order valence-corrected chi connectivity index (χ2v) is 9.18. The van der Waals surface area contributed by atoms with Crippen molar-refractivity contribution in [2.45, 2.75) is 31.0 Å². The Morgan fingerprint density at radius 3 is 2.75 bits per heavy atom. The number of hydrogen-bond acceptors (Lipinski definition) is 10. The maximum absolute atomic E-state index is 12.4. The van der Waals surface area contributed by atoms with E-state index < -0.39 is 5.97 Å². The fourth-order valence-corrected chi connectivity index (χ4v) is 4.68. The maximum atomic E-state index is 12.4. The first-order valence-electron chi connectivity index (χ1n) is 8.74. The van der Waals surface area contributed by atoms with Gasteiger partial charge in [0.1, 0.15) is 5.00 Å². The maximum Gasteiger partial charge on any atom is 0.341 e. The highest BCUT2D eigenvalue weighted by Crippen LogP contribution is 2.34. The van der Waals surface area contributed by atoms with Gasteiger partial charge in [0.15, 0.2) is 4.34 Å². The van der Waals surface area contributed by atoms with Gasteiger partial charge in [0, 0.05) is 18.5 Å². The van der Waals surface area contributed by atoms with E-state index in [9.17, 15) is 9.59 Å². The molecule has 0 aliphatic rings. The van der Waals surface area contributed by atoms with Crippen molar-refractivity contribution in [2.24, 2.45) is 0 Å². The van der Waals surface area contributed by atoms with Crippen LogP contribution in [0, 0.1) is 0 Å². The third-order valence-corrected chi connectivity index (χ3v) is 6.75. The molecular formula is C17H24N4O4S3. The molecule has 0 aromatic carbocycles. The summed E-state index contributed by atoms with van der Waals surface area (Å²) in [4.78, 5) is 25.5. The van der Waals surface area contributed by atoms with Gasteiger partial charge in [-0.1, -0.05) is 36.9 Å². The predicted molar refractivity (Wildman–Crippen MR) is 114 cm³/mol. The Morgan fingerprint density at radius 1 is 1.29 bits per heavy atom. The number of anilines is 2. The number of thiophene rings is 1. The minimum absolute atomic E-state index is 0.171. The summed E-state index contributed by atoms with van der Waals surface area (Å²) >= 11 is 4.07. The molecule has 0 fully saturated rings. The van der Waals surface area contributed by atoms with E-state index in [1.165, 1.54) is 34.4 Å². The Kier molecular flexibility index (Phi) is 9.16. The summed E-state index contributed by atoms with van der Waals surface area (Å²) in [7, 11) is 1.63. The van der Waals surface area contributed by atoms with Crippen LogP contribution in [0.15, 0.2) is 10.4 Å². The Morgan fingerprint density at radius 2 is 2.07 bits per heavy atom. The third-order valence-electron chi connectivity index (χ3n) is 3.38. The molecule has 11 heteroatoms. The number of amides is 1. The molecule has 0 aliphatic carbocycles. The molecule has 154 valence electrons. The number of hydrogen-bond donors (Lipinski definition) is 2. The second kappa shape index (κ2) is 11.3. The smallest absolute Gasteiger partial charge is 0.341 e. The average Bonchev–Trinajstić information content (AvgIpc) is 3.27. The van der Waals surface area contributed by atoms with Crippen LogP contribution in [0.1, 0.15) is 41.9 Å². The number of thioether (sulfide) groups is 1. The van der Waals surface area contributed by atoms with E-state index in [0.717, 1.165) is 4.88 Å². The molecule has 2 rings (SSSR count). The Labute approximate surface area is 176 Å². The van der Waals surface area contributed by atoms with Gasteiger partial charge in [-0.3, -0.25) is 4.79 Å². The van der Waals surface area contributed by atoms with Crippen LogP contribution < -0.4 is 10.6 Å². The van der Waals surface area contributed by atoms with E-state index in [2.05, 4.69) is 20.8 Å². The van der Waals surface area contributed by atoms with Crippen molar-refractivity contribution in [1.29, 1.82) is 0 Å². The van der Waals surface area contributed by atoms with Crippen molar-refractivity contribution in [2.75, 3.05) is 43.3 Å². The summed E-state index contributed by atoms with van der Waals surface area (Å²) in [6.07, 6.45) is 0. The molecule has 0 radical (unpaired) electrons. The molecule has 8 nitrogen and oxygen atoms in total. The van der Waals surface area contributed by atoms with E-state index in [4.69, 9.17) is 9.47 Å². The molecule has 0 aliphatic heterocycles. The van der Waals surface area contributed by atoms with Crippen LogP contribution in [0.5, 0.6) is 0 Å². The number of rotatable bonds is 11. The zero-order valence-electron chi connectivity index (χ0n) is 16.2. The normalized spacial score (nSPS) is 10.9. The monoisotopic (exact) mass is 444 g/mol. The van der Waals surface area contributed by atoms with Gasteiger partial charge in [-0.25, -0.2) is 4.79 Å². The number of aromatic nitrogens is 2. The van der Waals surface area contributed by atoms with Crippen LogP contribution in [0.4, 0.5) is 10.1 Å². The summed E-state index contributed by atoms with van der Waals surface area (Å²) in [6.45, 7) is 7.33. The summed E-state index contributed by atoms with van der Waals surface area (Å²) in [6, 6.07) is 1.79. The molecule has 2 aromatic heterocycles. The lowest BCUT2D eigenvalue weighted by Crippen LogP contribution is -2.15. The Balaban J connectivity index is 1.94. The van der Waals surface area contributed by atoms with Gasteiger partial charge in [0.2, 0.25) is 11.0 Å². The van der Waals surface area contributed by atoms with Crippen LogP contribution in [-0.2, 0) is 14.3 Å². The molecule has 2 aromatic rings. The van der Waals surface area contributed by atoms with Crippen LogP contribution in [-0.4, -0.2) is 54.7 Å². The SMILES string of the molecule is CCOC(=O)c1cc(C(C)C)sc1NC(=O)CSc1nnc(NCCOC)s1. The number of esters is 1. The summed E-state index contributed by atoms with van der Waals surface area (Å²) in [5, 5.41) is 15.2. The average molecular weight is 445 g/mol. The van der Waals surface area contributed by atoms with E-state index in [0.29, 0.717) is 33.2 Å². The number of ether oxygens (including phenoxy) is 2. The first-order valence-corrected chi connectivity index (χ1v) is 11.4.